The van der Waals surface area contributed by atoms with E-state index in [4.69, 9.17) is 9.47 Å². The van der Waals surface area contributed by atoms with Gasteiger partial charge in [0.25, 0.3) is 0 Å². The number of ether oxygens (including phenoxy) is 2. The van der Waals surface area contributed by atoms with E-state index < -0.39 is 28.5 Å². The molecule has 0 spiro atoms. The lowest BCUT2D eigenvalue weighted by atomic mass is 9.99. The van der Waals surface area contributed by atoms with Crippen LogP contribution in [0.1, 0.15) is 52.4 Å². The van der Waals surface area contributed by atoms with Crippen molar-refractivity contribution < 1.29 is 27.5 Å². The largest absolute Gasteiger partial charge is 0.497 e. The van der Waals surface area contributed by atoms with Gasteiger partial charge in [-0.2, -0.15) is 0 Å². The molecule has 3 rings (SSSR count). The van der Waals surface area contributed by atoms with Crippen LogP contribution in [-0.2, 0) is 24.3 Å². The lowest BCUT2D eigenvalue weighted by Gasteiger charge is -2.35. The number of benzene rings is 1. The Morgan fingerprint density at radius 1 is 1.12 bits per heavy atom. The SMILES string of the molecule is COc1ccc(S(=O)(=O)NCC(=O)N(C[C@@H]2CCCO2)[C@H](C(=O)NC2CCCC2)C(C)C)cc1. The van der Waals surface area contributed by atoms with Crippen LogP contribution >= 0.6 is 0 Å². The van der Waals surface area contributed by atoms with Crippen LogP contribution in [0.25, 0.3) is 0 Å². The van der Waals surface area contributed by atoms with Crippen molar-refractivity contribution in [2.24, 2.45) is 5.92 Å². The number of nitrogens with zero attached hydrogens (tertiary/aromatic N) is 1. The van der Waals surface area contributed by atoms with E-state index in [1.165, 1.54) is 24.1 Å². The molecule has 2 atom stereocenters. The zero-order valence-corrected chi connectivity index (χ0v) is 21.1. The number of rotatable bonds is 11. The van der Waals surface area contributed by atoms with Gasteiger partial charge >= 0.3 is 0 Å². The number of carbonyl (C=O) groups excluding carboxylic acids is 2. The normalized spacial score (nSPS) is 19.8. The standard InChI is InChI=1S/C24H37N3O6S/c1-17(2)23(24(29)26-18-7-4-5-8-18)27(16-20-9-6-14-33-20)22(28)15-25-34(30,31)21-12-10-19(32-3)11-13-21/h10-13,17-18,20,23,25H,4-9,14-16H2,1-3H3,(H,26,29)/t20-,23-/m0/s1. The Hall–Kier alpha value is -2.17. The molecule has 34 heavy (non-hydrogen) atoms. The van der Waals surface area contributed by atoms with Crippen LogP contribution in [0.15, 0.2) is 29.2 Å². The van der Waals surface area contributed by atoms with Crippen molar-refractivity contribution in [3.8, 4) is 5.75 Å². The van der Waals surface area contributed by atoms with Crippen LogP contribution in [0.2, 0.25) is 0 Å². The van der Waals surface area contributed by atoms with Gasteiger partial charge < -0.3 is 19.7 Å². The Balaban J connectivity index is 1.74. The minimum atomic E-state index is -3.91. The fourth-order valence-electron chi connectivity index (χ4n) is 4.64. The van der Waals surface area contributed by atoms with Gasteiger partial charge in [-0.1, -0.05) is 26.7 Å². The summed E-state index contributed by atoms with van der Waals surface area (Å²) in [6.45, 7) is 4.23. The molecule has 9 nitrogen and oxygen atoms in total. The maximum atomic E-state index is 13.3. The Labute approximate surface area is 202 Å². The lowest BCUT2D eigenvalue weighted by Crippen LogP contribution is -2.57. The van der Waals surface area contributed by atoms with Crippen LogP contribution in [0.3, 0.4) is 0 Å². The van der Waals surface area contributed by atoms with Crippen LogP contribution in [0, 0.1) is 5.92 Å². The smallest absolute Gasteiger partial charge is 0.243 e. The number of carbonyl (C=O) groups is 2. The number of hydrogen-bond donors (Lipinski definition) is 2. The number of nitrogens with one attached hydrogen (secondary N) is 2. The minimum absolute atomic E-state index is 0.0335. The molecule has 2 amide bonds. The molecule has 1 heterocycles. The van der Waals surface area contributed by atoms with Crippen molar-refractivity contribution in [2.75, 3.05) is 26.8 Å². The average molecular weight is 496 g/mol. The molecule has 1 aromatic carbocycles. The summed E-state index contributed by atoms with van der Waals surface area (Å²) < 4.78 is 38.7. The van der Waals surface area contributed by atoms with Crippen LogP contribution in [0.5, 0.6) is 5.75 Å². The van der Waals surface area contributed by atoms with Crippen molar-refractivity contribution in [1.82, 2.24) is 14.9 Å². The first-order valence-corrected chi connectivity index (χ1v) is 13.5. The van der Waals surface area contributed by atoms with Gasteiger partial charge in [-0.25, -0.2) is 13.1 Å². The third-order valence-electron chi connectivity index (χ3n) is 6.47. The molecule has 190 valence electrons. The maximum Gasteiger partial charge on any atom is 0.243 e. The third kappa shape index (κ3) is 6.93. The van der Waals surface area contributed by atoms with Crippen molar-refractivity contribution in [3.63, 3.8) is 0 Å². The maximum absolute atomic E-state index is 13.3. The molecule has 2 aliphatic rings. The Bertz CT molecular complexity index is 923. The van der Waals surface area contributed by atoms with Crippen molar-refractivity contribution in [1.29, 1.82) is 0 Å². The monoisotopic (exact) mass is 495 g/mol. The van der Waals surface area contributed by atoms with Gasteiger partial charge in [0.1, 0.15) is 11.8 Å². The highest BCUT2D eigenvalue weighted by molar-refractivity contribution is 7.89. The fraction of sp³-hybridized carbons (Fsp3) is 0.667. The van der Waals surface area contributed by atoms with Crippen molar-refractivity contribution in [3.05, 3.63) is 24.3 Å². The molecule has 1 aliphatic heterocycles. The van der Waals surface area contributed by atoms with Gasteiger partial charge in [0.05, 0.1) is 24.7 Å². The van der Waals surface area contributed by atoms with Gasteiger partial charge in [-0.05, 0) is 55.9 Å². The predicted octanol–water partition coefficient (Wildman–Crippen LogP) is 2.06. The van der Waals surface area contributed by atoms with Crippen LogP contribution < -0.4 is 14.8 Å². The number of sulfonamides is 1. The minimum Gasteiger partial charge on any atom is -0.497 e. The Morgan fingerprint density at radius 3 is 2.35 bits per heavy atom. The summed E-state index contributed by atoms with van der Waals surface area (Å²) in [4.78, 5) is 28.1. The molecule has 0 aromatic heterocycles. The summed E-state index contributed by atoms with van der Waals surface area (Å²) >= 11 is 0. The molecule has 10 heteroatoms. The quantitative estimate of drug-likeness (QED) is 0.486. The summed E-state index contributed by atoms with van der Waals surface area (Å²) in [6, 6.07) is 5.35. The van der Waals surface area contributed by atoms with E-state index in [9.17, 15) is 18.0 Å². The highest BCUT2D eigenvalue weighted by Gasteiger charge is 2.36. The highest BCUT2D eigenvalue weighted by Crippen LogP contribution is 2.22. The fourth-order valence-corrected chi connectivity index (χ4v) is 5.61. The van der Waals surface area contributed by atoms with Crippen molar-refractivity contribution >= 4 is 21.8 Å². The Morgan fingerprint density at radius 2 is 1.79 bits per heavy atom. The Kier molecular flexibility index (Phi) is 9.32. The summed E-state index contributed by atoms with van der Waals surface area (Å²) in [6.07, 6.45) is 5.60. The summed E-state index contributed by atoms with van der Waals surface area (Å²) in [5.74, 6) is -0.255. The molecule has 1 aromatic rings. The van der Waals surface area contributed by atoms with E-state index in [0.29, 0.717) is 12.4 Å². The molecular weight excluding hydrogens is 458 g/mol. The highest BCUT2D eigenvalue weighted by atomic mass is 32.2. The van der Waals surface area contributed by atoms with Crippen molar-refractivity contribution in [2.45, 2.75) is 75.5 Å². The molecular formula is C24H37N3O6S. The first-order chi connectivity index (χ1) is 16.2. The molecule has 1 aliphatic carbocycles. The molecule has 0 unspecified atom stereocenters. The molecule has 1 saturated heterocycles. The molecule has 0 radical (unpaired) electrons. The zero-order valence-electron chi connectivity index (χ0n) is 20.3. The second-order valence-corrected chi connectivity index (χ2v) is 11.1. The third-order valence-corrected chi connectivity index (χ3v) is 7.88. The molecule has 2 N–H and O–H groups in total. The second-order valence-electron chi connectivity index (χ2n) is 9.36. The number of amides is 2. The van der Waals surface area contributed by atoms with Gasteiger partial charge in [0, 0.05) is 19.2 Å². The molecule has 1 saturated carbocycles. The van der Waals surface area contributed by atoms with E-state index in [2.05, 4.69) is 10.0 Å². The van der Waals surface area contributed by atoms with E-state index >= 15 is 0 Å². The van der Waals surface area contributed by atoms with Crippen LogP contribution in [-0.4, -0.2) is 70.1 Å². The molecule has 0 bridgehead atoms. The predicted molar refractivity (Wildman–Crippen MR) is 128 cm³/mol. The second kappa shape index (κ2) is 12.0. The lowest BCUT2D eigenvalue weighted by molar-refractivity contribution is -0.143. The van der Waals surface area contributed by atoms with Gasteiger partial charge in [-0.15, -0.1) is 0 Å². The number of methoxy groups -OCH3 is 1. The van der Waals surface area contributed by atoms with E-state index in [1.807, 2.05) is 13.8 Å². The van der Waals surface area contributed by atoms with Gasteiger partial charge in [0.2, 0.25) is 21.8 Å². The topological polar surface area (TPSA) is 114 Å². The van der Waals surface area contributed by atoms with E-state index in [-0.39, 0.29) is 35.4 Å². The summed E-state index contributed by atoms with van der Waals surface area (Å²) in [7, 11) is -2.41. The first-order valence-electron chi connectivity index (χ1n) is 12.1. The summed E-state index contributed by atoms with van der Waals surface area (Å²) in [5, 5.41) is 3.11. The summed E-state index contributed by atoms with van der Waals surface area (Å²) in [5.41, 5.74) is 0. The zero-order chi connectivity index (χ0) is 24.7. The van der Waals surface area contributed by atoms with Crippen LogP contribution in [0.4, 0.5) is 0 Å². The van der Waals surface area contributed by atoms with E-state index in [0.717, 1.165) is 38.5 Å². The molecule has 2 fully saturated rings. The van der Waals surface area contributed by atoms with Gasteiger partial charge in [-0.3, -0.25) is 9.59 Å². The first kappa shape index (κ1) is 26.4. The average Bonchev–Trinajstić information content (AvgIpc) is 3.51. The van der Waals surface area contributed by atoms with Gasteiger partial charge in [0.15, 0.2) is 0 Å². The number of hydrogen-bond acceptors (Lipinski definition) is 6. The van der Waals surface area contributed by atoms with E-state index in [1.54, 1.807) is 12.1 Å².